The van der Waals surface area contributed by atoms with Crippen LogP contribution in [0.4, 0.5) is 5.82 Å². The second-order valence-corrected chi connectivity index (χ2v) is 7.19. The molecule has 0 radical (unpaired) electrons. The Morgan fingerprint density at radius 1 is 1.10 bits per heavy atom. The van der Waals surface area contributed by atoms with Gasteiger partial charge in [0.15, 0.2) is 10.8 Å². The number of aromatic nitrogens is 1. The van der Waals surface area contributed by atoms with Crippen molar-refractivity contribution in [3.63, 3.8) is 0 Å². The fourth-order valence-corrected chi connectivity index (χ4v) is 3.78. The molecule has 0 aliphatic carbocycles. The summed E-state index contributed by atoms with van der Waals surface area (Å²) in [5, 5.41) is 29.3. The molecule has 0 aliphatic rings. The van der Waals surface area contributed by atoms with E-state index in [2.05, 4.69) is 11.1 Å². The molecular formula is C22H17N4O3S+. The lowest BCUT2D eigenvalue weighted by atomic mass is 9.97. The zero-order valence-corrected chi connectivity index (χ0v) is 16.8. The molecule has 3 aromatic rings. The number of ether oxygens (including phenoxy) is 1. The summed E-state index contributed by atoms with van der Waals surface area (Å²) in [7, 11) is 1.55. The number of pyridine rings is 1. The number of hydrogen-bond acceptors (Lipinski definition) is 7. The lowest BCUT2D eigenvalue weighted by molar-refractivity contribution is -0.410. The molecule has 0 spiro atoms. The molecule has 1 aromatic heterocycles. The maximum atomic E-state index is 12.5. The second-order valence-electron chi connectivity index (χ2n) is 6.20. The highest BCUT2D eigenvalue weighted by Crippen LogP contribution is 2.34. The van der Waals surface area contributed by atoms with Gasteiger partial charge in [0.25, 0.3) is 5.82 Å². The van der Waals surface area contributed by atoms with Gasteiger partial charge >= 0.3 is 0 Å². The summed E-state index contributed by atoms with van der Waals surface area (Å²) in [6.45, 7) is 0. The third kappa shape index (κ3) is 4.19. The van der Waals surface area contributed by atoms with E-state index in [0.29, 0.717) is 27.5 Å². The first-order valence-electron chi connectivity index (χ1n) is 8.77. The lowest BCUT2D eigenvalue weighted by Gasteiger charge is -2.10. The highest BCUT2D eigenvalue weighted by molar-refractivity contribution is 7.99. The number of nitrogens with two attached hydrogens (primary N) is 1. The zero-order chi connectivity index (χ0) is 21.7. The molecule has 0 unspecified atom stereocenters. The van der Waals surface area contributed by atoms with Crippen molar-refractivity contribution >= 4 is 23.4 Å². The Hall–Kier alpha value is -4.01. The summed E-state index contributed by atoms with van der Waals surface area (Å²) >= 11 is 1.13. The number of phenols is 1. The number of methoxy groups -OCH3 is 1. The third-order valence-corrected chi connectivity index (χ3v) is 5.39. The molecule has 2 aromatic carbocycles. The van der Waals surface area contributed by atoms with Crippen LogP contribution < -0.4 is 15.5 Å². The van der Waals surface area contributed by atoms with E-state index < -0.39 is 0 Å². The zero-order valence-electron chi connectivity index (χ0n) is 16.0. The number of ketones is 1. The average Bonchev–Trinajstić information content (AvgIpc) is 2.77. The van der Waals surface area contributed by atoms with Gasteiger partial charge in [-0.3, -0.25) is 10.5 Å². The Bertz CT molecular complexity index is 1180. The van der Waals surface area contributed by atoms with E-state index in [1.54, 1.807) is 43.5 Å². The molecule has 0 saturated heterocycles. The molecule has 0 aliphatic heterocycles. The van der Waals surface area contributed by atoms with E-state index in [-0.39, 0.29) is 34.2 Å². The number of nitrogen functional groups attached to an aromatic ring is 1. The highest BCUT2D eigenvalue weighted by atomic mass is 32.2. The number of carbonyl (C=O) groups excluding carboxylic acids is 1. The number of nitrogens with zero attached hydrogens (tertiary/aromatic N) is 2. The number of nitriles is 2. The van der Waals surface area contributed by atoms with Crippen LogP contribution in [0.5, 0.6) is 11.5 Å². The van der Waals surface area contributed by atoms with Crippen molar-refractivity contribution in [1.29, 1.82) is 10.5 Å². The normalized spacial score (nSPS) is 10.1. The van der Waals surface area contributed by atoms with Crippen LogP contribution in [-0.4, -0.2) is 23.8 Å². The van der Waals surface area contributed by atoms with Crippen LogP contribution in [0, 0.1) is 22.7 Å². The summed E-state index contributed by atoms with van der Waals surface area (Å²) < 4.78 is 5.09. The first-order chi connectivity index (χ1) is 14.5. The molecule has 7 nitrogen and oxygen atoms in total. The van der Waals surface area contributed by atoms with Crippen molar-refractivity contribution < 1.29 is 19.6 Å². The SMILES string of the molecule is COc1ccc(C(=O)CSc2[nH+]c(N)c(C#N)c(-c3ccc(O)cc3)c2C#N)cc1. The van der Waals surface area contributed by atoms with Crippen molar-refractivity contribution in [3.8, 4) is 34.8 Å². The first kappa shape index (κ1) is 20.7. The van der Waals surface area contributed by atoms with Crippen LogP contribution in [0.3, 0.4) is 0 Å². The van der Waals surface area contributed by atoms with Gasteiger partial charge in [-0.25, -0.2) is 4.98 Å². The van der Waals surface area contributed by atoms with Crippen molar-refractivity contribution in [2.75, 3.05) is 18.6 Å². The fraction of sp³-hybridized carbons (Fsp3) is 0.0909. The van der Waals surface area contributed by atoms with Crippen LogP contribution in [0.15, 0.2) is 53.6 Å². The molecule has 0 atom stereocenters. The maximum Gasteiger partial charge on any atom is 0.289 e. The number of nitrogens with one attached hydrogen (secondary N) is 1. The standard InChI is InChI=1S/C22H16N4O3S/c1-29-16-8-4-13(5-9-16)19(28)12-30-22-18(11-24)20(17(10-23)21(25)26-22)14-2-6-15(27)7-3-14/h2-9,27H,12H2,1H3,(H2,25,26)/p+1. The summed E-state index contributed by atoms with van der Waals surface area (Å²) in [6, 6.07) is 17.0. The highest BCUT2D eigenvalue weighted by Gasteiger charge is 2.24. The van der Waals surface area contributed by atoms with Crippen molar-refractivity contribution in [2.45, 2.75) is 5.03 Å². The van der Waals surface area contributed by atoms with E-state index in [1.165, 1.54) is 12.1 Å². The van der Waals surface area contributed by atoms with Gasteiger partial charge in [-0.1, -0.05) is 23.9 Å². The molecule has 0 saturated carbocycles. The minimum atomic E-state index is -0.131. The number of Topliss-reactive ketones (excluding diaryl/α,β-unsaturated/α-hetero) is 1. The quantitative estimate of drug-likeness (QED) is 0.464. The molecule has 0 bridgehead atoms. The minimum Gasteiger partial charge on any atom is -0.508 e. The number of aromatic hydroxyl groups is 1. The topological polar surface area (TPSA) is 134 Å². The predicted molar refractivity (Wildman–Crippen MR) is 112 cm³/mol. The van der Waals surface area contributed by atoms with Crippen LogP contribution in [0.1, 0.15) is 21.5 Å². The Morgan fingerprint density at radius 3 is 2.30 bits per heavy atom. The molecule has 0 fully saturated rings. The number of phenolic OH excluding ortho intramolecular Hbond substituents is 1. The van der Waals surface area contributed by atoms with Crippen molar-refractivity contribution in [2.24, 2.45) is 0 Å². The van der Waals surface area contributed by atoms with Gasteiger partial charge in [0.1, 0.15) is 34.8 Å². The van der Waals surface area contributed by atoms with E-state index in [9.17, 15) is 20.4 Å². The number of benzene rings is 2. The Labute approximate surface area is 177 Å². The van der Waals surface area contributed by atoms with Crippen molar-refractivity contribution in [1.82, 2.24) is 0 Å². The number of anilines is 1. The number of hydrogen-bond donors (Lipinski definition) is 2. The van der Waals surface area contributed by atoms with Gasteiger partial charge in [-0.15, -0.1) is 0 Å². The summed E-state index contributed by atoms with van der Waals surface area (Å²) in [6.07, 6.45) is 0. The third-order valence-electron chi connectivity index (χ3n) is 4.38. The number of thioether (sulfide) groups is 1. The first-order valence-corrected chi connectivity index (χ1v) is 9.75. The molecule has 148 valence electrons. The van der Waals surface area contributed by atoms with E-state index in [0.717, 1.165) is 11.8 Å². The van der Waals surface area contributed by atoms with Gasteiger partial charge < -0.3 is 9.84 Å². The molecular weight excluding hydrogens is 400 g/mol. The van der Waals surface area contributed by atoms with Gasteiger partial charge in [0.2, 0.25) is 0 Å². The van der Waals surface area contributed by atoms with E-state index in [1.807, 2.05) is 6.07 Å². The molecule has 0 amide bonds. The monoisotopic (exact) mass is 417 g/mol. The predicted octanol–water partition coefficient (Wildman–Crippen LogP) is 3.18. The lowest BCUT2D eigenvalue weighted by Crippen LogP contribution is -2.19. The van der Waals surface area contributed by atoms with E-state index >= 15 is 0 Å². The number of aromatic amines is 1. The van der Waals surface area contributed by atoms with Gasteiger partial charge in [0.05, 0.1) is 12.9 Å². The minimum absolute atomic E-state index is 0.0610. The van der Waals surface area contributed by atoms with Gasteiger partial charge in [0, 0.05) is 11.1 Å². The number of carbonyl (C=O) groups is 1. The van der Waals surface area contributed by atoms with Gasteiger partial charge in [-0.05, 0) is 42.0 Å². The number of H-pyrrole nitrogens is 1. The van der Waals surface area contributed by atoms with Crippen molar-refractivity contribution in [3.05, 3.63) is 65.2 Å². The van der Waals surface area contributed by atoms with Crippen LogP contribution in [-0.2, 0) is 0 Å². The Balaban J connectivity index is 1.97. The maximum absolute atomic E-state index is 12.5. The Kier molecular flexibility index (Phi) is 6.21. The van der Waals surface area contributed by atoms with Gasteiger partial charge in [-0.2, -0.15) is 10.5 Å². The van der Waals surface area contributed by atoms with Crippen LogP contribution >= 0.6 is 11.8 Å². The molecule has 1 heterocycles. The molecule has 30 heavy (non-hydrogen) atoms. The molecule has 4 N–H and O–H groups in total. The molecule has 3 rings (SSSR count). The summed E-state index contributed by atoms with van der Waals surface area (Å²) in [5.74, 6) is 0.745. The van der Waals surface area contributed by atoms with Crippen LogP contribution in [0.25, 0.3) is 11.1 Å². The van der Waals surface area contributed by atoms with E-state index in [4.69, 9.17) is 10.5 Å². The second kappa shape index (κ2) is 8.99. The smallest absolute Gasteiger partial charge is 0.289 e. The summed E-state index contributed by atoms with van der Waals surface area (Å²) in [4.78, 5) is 15.4. The molecule has 8 heteroatoms. The Morgan fingerprint density at radius 2 is 1.73 bits per heavy atom. The average molecular weight is 417 g/mol. The summed E-state index contributed by atoms with van der Waals surface area (Å²) in [5.41, 5.74) is 7.79. The fourth-order valence-electron chi connectivity index (χ4n) is 2.87. The largest absolute Gasteiger partial charge is 0.508 e. The number of rotatable bonds is 6. The van der Waals surface area contributed by atoms with Crippen LogP contribution in [0.2, 0.25) is 0 Å².